The van der Waals surface area contributed by atoms with Gasteiger partial charge in [0.15, 0.2) is 5.76 Å². The molecule has 0 aliphatic heterocycles. The van der Waals surface area contributed by atoms with Crippen molar-refractivity contribution in [2.45, 2.75) is 6.92 Å². The highest BCUT2D eigenvalue weighted by atomic mass is 16.5. The van der Waals surface area contributed by atoms with Crippen LogP contribution in [-0.4, -0.2) is 11.1 Å². The highest BCUT2D eigenvalue weighted by Gasteiger charge is 2.18. The lowest BCUT2D eigenvalue weighted by Crippen LogP contribution is -2.13. The van der Waals surface area contributed by atoms with Crippen molar-refractivity contribution in [1.29, 1.82) is 5.26 Å². The molecule has 5 heteroatoms. The van der Waals surface area contributed by atoms with Crippen LogP contribution in [0.2, 0.25) is 0 Å². The molecule has 0 saturated heterocycles. The van der Waals surface area contributed by atoms with Crippen LogP contribution in [0.1, 0.15) is 21.5 Å². The molecule has 3 rings (SSSR count). The predicted octanol–water partition coefficient (Wildman–Crippen LogP) is 3.77. The average molecular weight is 303 g/mol. The number of rotatable bonds is 3. The zero-order valence-electron chi connectivity index (χ0n) is 12.4. The van der Waals surface area contributed by atoms with Gasteiger partial charge in [-0.1, -0.05) is 47.1 Å². The molecule has 0 saturated carbocycles. The SMILES string of the molecule is Cc1ccc(-c2oncc2C(=O)Nc2ccccc2C#N)cc1. The van der Waals surface area contributed by atoms with Crippen LogP contribution < -0.4 is 5.32 Å². The van der Waals surface area contributed by atoms with E-state index >= 15 is 0 Å². The van der Waals surface area contributed by atoms with Crippen molar-refractivity contribution in [2.75, 3.05) is 5.32 Å². The number of aryl methyl sites for hydroxylation is 1. The maximum Gasteiger partial charge on any atom is 0.261 e. The molecular formula is C18H13N3O2. The number of hydrogen-bond acceptors (Lipinski definition) is 4. The van der Waals surface area contributed by atoms with Gasteiger partial charge in [-0.15, -0.1) is 0 Å². The van der Waals surface area contributed by atoms with E-state index in [0.717, 1.165) is 11.1 Å². The van der Waals surface area contributed by atoms with Gasteiger partial charge in [0.1, 0.15) is 11.6 Å². The lowest BCUT2D eigenvalue weighted by molar-refractivity contribution is 0.102. The number of aromatic nitrogens is 1. The number of para-hydroxylation sites is 1. The number of nitriles is 1. The standard InChI is InChI=1S/C18H13N3O2/c1-12-6-8-13(9-7-12)17-15(11-20-23-17)18(22)21-16-5-3-2-4-14(16)10-19/h2-9,11H,1H3,(H,21,22). The molecule has 1 N–H and O–H groups in total. The fourth-order valence-electron chi connectivity index (χ4n) is 2.19. The third kappa shape index (κ3) is 2.97. The molecule has 0 fully saturated rings. The summed E-state index contributed by atoms with van der Waals surface area (Å²) in [6.45, 7) is 1.98. The summed E-state index contributed by atoms with van der Waals surface area (Å²) >= 11 is 0. The normalized spacial score (nSPS) is 10.1. The molecule has 0 bridgehead atoms. The van der Waals surface area contributed by atoms with Crippen molar-refractivity contribution >= 4 is 11.6 Å². The third-order valence-electron chi connectivity index (χ3n) is 3.42. The maximum absolute atomic E-state index is 12.5. The Morgan fingerprint density at radius 1 is 1.17 bits per heavy atom. The minimum Gasteiger partial charge on any atom is -0.355 e. The summed E-state index contributed by atoms with van der Waals surface area (Å²) in [7, 11) is 0. The Bertz CT molecular complexity index is 889. The van der Waals surface area contributed by atoms with Gasteiger partial charge in [-0.25, -0.2) is 0 Å². The first kappa shape index (κ1) is 14.5. The van der Waals surface area contributed by atoms with Crippen LogP contribution in [0.5, 0.6) is 0 Å². The van der Waals surface area contributed by atoms with Crippen LogP contribution in [0, 0.1) is 18.3 Å². The molecule has 2 aromatic carbocycles. The Balaban J connectivity index is 1.91. The number of carbonyl (C=O) groups excluding carboxylic acids is 1. The number of benzene rings is 2. The van der Waals surface area contributed by atoms with Crippen molar-refractivity contribution in [3.05, 3.63) is 71.4 Å². The summed E-state index contributed by atoms with van der Waals surface area (Å²) < 4.78 is 5.23. The van der Waals surface area contributed by atoms with Gasteiger partial charge in [-0.05, 0) is 19.1 Å². The van der Waals surface area contributed by atoms with E-state index in [4.69, 9.17) is 9.78 Å². The van der Waals surface area contributed by atoms with Crippen molar-refractivity contribution in [3.8, 4) is 17.4 Å². The Morgan fingerprint density at radius 2 is 1.91 bits per heavy atom. The molecule has 5 nitrogen and oxygen atoms in total. The number of anilines is 1. The molecule has 0 atom stereocenters. The van der Waals surface area contributed by atoms with Crippen LogP contribution in [0.15, 0.2) is 59.3 Å². The van der Waals surface area contributed by atoms with Gasteiger partial charge in [-0.3, -0.25) is 4.79 Å². The first-order valence-electron chi connectivity index (χ1n) is 7.01. The van der Waals surface area contributed by atoms with E-state index in [9.17, 15) is 4.79 Å². The van der Waals surface area contributed by atoms with E-state index in [0.29, 0.717) is 22.6 Å². The second-order valence-corrected chi connectivity index (χ2v) is 5.05. The maximum atomic E-state index is 12.5. The first-order chi connectivity index (χ1) is 11.2. The Hall–Kier alpha value is -3.39. The van der Waals surface area contributed by atoms with Crippen LogP contribution in [-0.2, 0) is 0 Å². The fourth-order valence-corrected chi connectivity index (χ4v) is 2.19. The molecule has 23 heavy (non-hydrogen) atoms. The quantitative estimate of drug-likeness (QED) is 0.798. The summed E-state index contributed by atoms with van der Waals surface area (Å²) in [4.78, 5) is 12.5. The Morgan fingerprint density at radius 3 is 2.65 bits per heavy atom. The number of hydrogen-bond donors (Lipinski definition) is 1. The predicted molar refractivity (Wildman–Crippen MR) is 85.8 cm³/mol. The van der Waals surface area contributed by atoms with Gasteiger partial charge >= 0.3 is 0 Å². The minimum absolute atomic E-state index is 0.321. The average Bonchev–Trinajstić information content (AvgIpc) is 3.06. The van der Waals surface area contributed by atoms with Crippen molar-refractivity contribution in [2.24, 2.45) is 0 Å². The number of nitrogens with zero attached hydrogens (tertiary/aromatic N) is 2. The summed E-state index contributed by atoms with van der Waals surface area (Å²) in [6.07, 6.45) is 1.37. The van der Waals surface area contributed by atoms with E-state index in [1.54, 1.807) is 24.3 Å². The monoisotopic (exact) mass is 303 g/mol. The topological polar surface area (TPSA) is 78.9 Å². The second kappa shape index (κ2) is 6.16. The van der Waals surface area contributed by atoms with Gasteiger partial charge in [0.05, 0.1) is 17.4 Å². The Labute approximate surface area is 133 Å². The molecule has 0 unspecified atom stereocenters. The van der Waals surface area contributed by atoms with E-state index in [1.165, 1.54) is 6.20 Å². The van der Waals surface area contributed by atoms with E-state index in [-0.39, 0.29) is 5.91 Å². The number of amides is 1. The molecular weight excluding hydrogens is 290 g/mol. The zero-order chi connectivity index (χ0) is 16.2. The number of nitrogens with one attached hydrogen (secondary N) is 1. The summed E-state index contributed by atoms with van der Waals surface area (Å²) in [5, 5.41) is 15.5. The highest BCUT2D eigenvalue weighted by Crippen LogP contribution is 2.25. The van der Waals surface area contributed by atoms with Crippen LogP contribution in [0.4, 0.5) is 5.69 Å². The van der Waals surface area contributed by atoms with Crippen molar-refractivity contribution < 1.29 is 9.32 Å². The van der Waals surface area contributed by atoms with Gasteiger partial charge in [-0.2, -0.15) is 5.26 Å². The molecule has 112 valence electrons. The largest absolute Gasteiger partial charge is 0.355 e. The van der Waals surface area contributed by atoms with Crippen molar-refractivity contribution in [3.63, 3.8) is 0 Å². The molecule has 0 aliphatic carbocycles. The highest BCUT2D eigenvalue weighted by molar-refractivity contribution is 6.08. The summed E-state index contributed by atoms with van der Waals surface area (Å²) in [5.74, 6) is 0.0291. The van der Waals surface area contributed by atoms with Crippen LogP contribution >= 0.6 is 0 Å². The lowest BCUT2D eigenvalue weighted by Gasteiger charge is -2.06. The van der Waals surface area contributed by atoms with E-state index in [1.807, 2.05) is 37.3 Å². The van der Waals surface area contributed by atoms with E-state index < -0.39 is 0 Å². The summed E-state index contributed by atoms with van der Waals surface area (Å²) in [6, 6.07) is 16.5. The Kier molecular flexibility index (Phi) is 3.89. The third-order valence-corrected chi connectivity index (χ3v) is 3.42. The van der Waals surface area contributed by atoms with Gasteiger partial charge in [0.2, 0.25) is 0 Å². The minimum atomic E-state index is -0.371. The first-order valence-corrected chi connectivity index (χ1v) is 7.01. The zero-order valence-corrected chi connectivity index (χ0v) is 12.4. The molecule has 3 aromatic rings. The molecule has 0 radical (unpaired) electrons. The fraction of sp³-hybridized carbons (Fsp3) is 0.0556. The molecule has 1 amide bonds. The lowest BCUT2D eigenvalue weighted by atomic mass is 10.1. The van der Waals surface area contributed by atoms with Crippen LogP contribution in [0.3, 0.4) is 0 Å². The van der Waals surface area contributed by atoms with Gasteiger partial charge in [0.25, 0.3) is 5.91 Å². The second-order valence-electron chi connectivity index (χ2n) is 5.05. The van der Waals surface area contributed by atoms with Crippen molar-refractivity contribution in [1.82, 2.24) is 5.16 Å². The van der Waals surface area contributed by atoms with Crippen LogP contribution in [0.25, 0.3) is 11.3 Å². The molecule has 1 heterocycles. The van der Waals surface area contributed by atoms with Gasteiger partial charge < -0.3 is 9.84 Å². The molecule has 0 aliphatic rings. The summed E-state index contributed by atoms with van der Waals surface area (Å²) in [5.41, 5.74) is 3.06. The van der Waals surface area contributed by atoms with Gasteiger partial charge in [0, 0.05) is 5.56 Å². The molecule has 0 spiro atoms. The van der Waals surface area contributed by atoms with E-state index in [2.05, 4.69) is 10.5 Å². The molecule has 1 aromatic heterocycles. The smallest absolute Gasteiger partial charge is 0.261 e. The number of carbonyl (C=O) groups is 1.